The zero-order valence-electron chi connectivity index (χ0n) is 20.1. The van der Waals surface area contributed by atoms with Gasteiger partial charge in [0.25, 0.3) is 6.10 Å². The van der Waals surface area contributed by atoms with Crippen LogP contribution in [0.5, 0.6) is 0 Å². The second-order valence-corrected chi connectivity index (χ2v) is 12.0. The summed E-state index contributed by atoms with van der Waals surface area (Å²) in [7, 11) is -3.25. The SMILES string of the molecule is O=C(OC(C(F)(F)F)C(F)(F)F)N1CCN(Cc2ccc(Cl)cc2N2CC[C@@H](N3CCCS3(=O)=O)C2)CC1. The summed E-state index contributed by atoms with van der Waals surface area (Å²) in [5.74, 6) is 0.151. The van der Waals surface area contributed by atoms with Crippen molar-refractivity contribution in [1.82, 2.24) is 14.1 Å². The maximum Gasteiger partial charge on any atom is 0.434 e. The molecule has 38 heavy (non-hydrogen) atoms. The largest absolute Gasteiger partial charge is 0.434 e. The quantitative estimate of drug-likeness (QED) is 0.486. The Morgan fingerprint density at radius 1 is 1.03 bits per heavy atom. The van der Waals surface area contributed by atoms with Gasteiger partial charge in [0.15, 0.2) is 0 Å². The van der Waals surface area contributed by atoms with Crippen LogP contribution in [0.3, 0.4) is 0 Å². The molecule has 0 spiro atoms. The van der Waals surface area contributed by atoms with E-state index >= 15 is 0 Å². The van der Waals surface area contributed by atoms with Crippen molar-refractivity contribution in [3.63, 3.8) is 0 Å². The Labute approximate surface area is 221 Å². The number of nitrogens with zero attached hydrogens (tertiary/aromatic N) is 4. The highest BCUT2D eigenvalue weighted by Gasteiger charge is 2.60. The van der Waals surface area contributed by atoms with Gasteiger partial charge in [-0.2, -0.15) is 30.6 Å². The van der Waals surface area contributed by atoms with E-state index in [9.17, 15) is 39.6 Å². The molecule has 8 nitrogen and oxygen atoms in total. The van der Waals surface area contributed by atoms with Crippen LogP contribution < -0.4 is 4.90 Å². The van der Waals surface area contributed by atoms with Crippen molar-refractivity contribution in [2.24, 2.45) is 0 Å². The number of carbonyl (C=O) groups excluding carboxylic acids is 1. The average molecular weight is 593 g/mol. The molecule has 214 valence electrons. The van der Waals surface area contributed by atoms with Gasteiger partial charge < -0.3 is 14.5 Å². The number of hydrogen-bond donors (Lipinski definition) is 0. The number of rotatable bonds is 5. The molecule has 3 fully saturated rings. The van der Waals surface area contributed by atoms with Crippen molar-refractivity contribution in [3.05, 3.63) is 28.8 Å². The van der Waals surface area contributed by atoms with Crippen molar-refractivity contribution in [2.45, 2.75) is 43.9 Å². The summed E-state index contributed by atoms with van der Waals surface area (Å²) in [5.41, 5.74) is 1.71. The van der Waals surface area contributed by atoms with Gasteiger partial charge in [0.1, 0.15) is 0 Å². The molecule has 0 aliphatic carbocycles. The van der Waals surface area contributed by atoms with E-state index in [2.05, 4.69) is 9.64 Å². The lowest BCUT2D eigenvalue weighted by Gasteiger charge is -2.36. The summed E-state index contributed by atoms with van der Waals surface area (Å²) >= 11 is 6.24. The van der Waals surface area contributed by atoms with E-state index in [0.717, 1.165) is 16.2 Å². The Morgan fingerprint density at radius 3 is 2.26 bits per heavy atom. The predicted molar refractivity (Wildman–Crippen MR) is 126 cm³/mol. The predicted octanol–water partition coefficient (Wildman–Crippen LogP) is 3.70. The summed E-state index contributed by atoms with van der Waals surface area (Å²) in [6.45, 7) is 2.22. The normalized spacial score (nSPS) is 23.4. The maximum atomic E-state index is 12.7. The first-order valence-corrected chi connectivity index (χ1v) is 14.0. The smallest absolute Gasteiger partial charge is 0.426 e. The highest BCUT2D eigenvalue weighted by Crippen LogP contribution is 2.36. The van der Waals surface area contributed by atoms with Gasteiger partial charge in [0, 0.05) is 69.1 Å². The Morgan fingerprint density at radius 2 is 1.68 bits per heavy atom. The minimum absolute atomic E-state index is 0.108. The molecule has 16 heteroatoms. The third-order valence-corrected chi connectivity index (χ3v) is 9.17. The molecule has 0 unspecified atom stereocenters. The Balaban J connectivity index is 1.37. The minimum atomic E-state index is -5.77. The van der Waals surface area contributed by atoms with Crippen LogP contribution in [0.2, 0.25) is 5.02 Å². The highest BCUT2D eigenvalue weighted by atomic mass is 35.5. The van der Waals surface area contributed by atoms with Crippen molar-refractivity contribution in [3.8, 4) is 0 Å². The van der Waals surface area contributed by atoms with Crippen LogP contribution in [-0.4, -0.2) is 105 Å². The number of amides is 1. The van der Waals surface area contributed by atoms with Gasteiger partial charge in [-0.15, -0.1) is 0 Å². The molecular formula is C22H27ClF6N4O4S. The standard InChI is InChI=1S/C22H27ClF6N4O4S/c23-16-3-2-15(18(12-16)32-6-4-17(14-32)33-5-1-11-38(33,35)36)13-30-7-9-31(10-8-30)20(34)37-19(21(24,25)26)22(27,28)29/h2-3,12,17,19H,1,4-11,13-14H2/t17-/m1/s1. The lowest BCUT2D eigenvalue weighted by Crippen LogP contribution is -2.52. The van der Waals surface area contributed by atoms with E-state index in [1.807, 2.05) is 11.0 Å². The molecule has 0 saturated carbocycles. The monoisotopic (exact) mass is 592 g/mol. The van der Waals surface area contributed by atoms with Crippen LogP contribution in [0.25, 0.3) is 0 Å². The highest BCUT2D eigenvalue weighted by molar-refractivity contribution is 7.89. The molecular weight excluding hydrogens is 566 g/mol. The second kappa shape index (κ2) is 10.9. The molecule has 0 aromatic heterocycles. The van der Waals surface area contributed by atoms with Crippen molar-refractivity contribution < 1.29 is 44.3 Å². The number of piperazine rings is 1. The van der Waals surface area contributed by atoms with Gasteiger partial charge in [-0.1, -0.05) is 17.7 Å². The summed E-state index contributed by atoms with van der Waals surface area (Å²) in [6, 6.07) is 5.19. The van der Waals surface area contributed by atoms with Gasteiger partial charge in [-0.05, 0) is 30.5 Å². The van der Waals surface area contributed by atoms with Crippen LogP contribution in [-0.2, 0) is 21.3 Å². The molecule has 0 bridgehead atoms. The third-order valence-electron chi connectivity index (χ3n) is 6.93. The number of benzene rings is 1. The summed E-state index contributed by atoms with van der Waals surface area (Å²) in [5, 5.41) is 0.498. The topological polar surface area (TPSA) is 73.4 Å². The third kappa shape index (κ3) is 6.59. The number of carbonyl (C=O) groups is 1. The van der Waals surface area contributed by atoms with Gasteiger partial charge in [0.2, 0.25) is 10.0 Å². The molecule has 1 aromatic rings. The number of ether oxygens (including phenoxy) is 1. The number of halogens is 7. The first kappa shape index (κ1) is 29.0. The summed E-state index contributed by atoms with van der Waals surface area (Å²) in [6.07, 6.45) is -16.1. The van der Waals surface area contributed by atoms with Crippen molar-refractivity contribution >= 4 is 33.4 Å². The van der Waals surface area contributed by atoms with Crippen LogP contribution in [0.15, 0.2) is 18.2 Å². The molecule has 3 heterocycles. The van der Waals surface area contributed by atoms with E-state index in [4.69, 9.17) is 11.6 Å². The molecule has 1 aromatic carbocycles. The van der Waals surface area contributed by atoms with Crippen LogP contribution >= 0.6 is 11.6 Å². The van der Waals surface area contributed by atoms with Gasteiger partial charge >= 0.3 is 18.4 Å². The number of sulfonamides is 1. The molecule has 3 saturated heterocycles. The zero-order valence-corrected chi connectivity index (χ0v) is 21.7. The van der Waals surface area contributed by atoms with E-state index in [0.29, 0.717) is 44.0 Å². The van der Waals surface area contributed by atoms with Crippen molar-refractivity contribution in [2.75, 3.05) is 56.5 Å². The number of anilines is 1. The van der Waals surface area contributed by atoms with E-state index < -0.39 is 34.6 Å². The zero-order chi connectivity index (χ0) is 27.9. The molecule has 3 aliphatic rings. The van der Waals surface area contributed by atoms with E-state index in [-0.39, 0.29) is 38.0 Å². The van der Waals surface area contributed by atoms with E-state index in [1.165, 1.54) is 0 Å². The first-order chi connectivity index (χ1) is 17.6. The number of hydrogen-bond acceptors (Lipinski definition) is 6. The van der Waals surface area contributed by atoms with Crippen molar-refractivity contribution in [1.29, 1.82) is 0 Å². The fourth-order valence-electron chi connectivity index (χ4n) is 5.05. The lowest BCUT2D eigenvalue weighted by molar-refractivity contribution is -0.308. The van der Waals surface area contributed by atoms with Gasteiger partial charge in [-0.3, -0.25) is 4.90 Å². The van der Waals surface area contributed by atoms with E-state index in [1.54, 1.807) is 16.4 Å². The first-order valence-electron chi connectivity index (χ1n) is 12.0. The lowest BCUT2D eigenvalue weighted by atomic mass is 10.1. The Kier molecular flexibility index (Phi) is 8.32. The van der Waals surface area contributed by atoms with Crippen LogP contribution in [0.4, 0.5) is 36.8 Å². The molecule has 0 radical (unpaired) electrons. The molecule has 0 N–H and O–H groups in total. The van der Waals surface area contributed by atoms with Gasteiger partial charge in [0.05, 0.1) is 5.75 Å². The van der Waals surface area contributed by atoms with Gasteiger partial charge in [-0.25, -0.2) is 13.2 Å². The molecule has 1 amide bonds. The fraction of sp³-hybridized carbons (Fsp3) is 0.682. The van der Waals surface area contributed by atoms with Crippen LogP contribution in [0.1, 0.15) is 18.4 Å². The molecule has 4 rings (SSSR count). The fourth-order valence-corrected chi connectivity index (χ4v) is 6.98. The van der Waals surface area contributed by atoms with Crippen LogP contribution in [0, 0.1) is 0 Å². The minimum Gasteiger partial charge on any atom is -0.426 e. The average Bonchev–Trinajstić information content (AvgIpc) is 3.43. The maximum absolute atomic E-state index is 12.7. The summed E-state index contributed by atoms with van der Waals surface area (Å²) in [4.78, 5) is 16.8. The Bertz CT molecular complexity index is 1110. The Hall–Kier alpha value is -1.97. The second-order valence-electron chi connectivity index (χ2n) is 9.55. The summed E-state index contributed by atoms with van der Waals surface area (Å²) < 4.78 is 106. The number of alkyl halides is 6. The molecule has 3 aliphatic heterocycles. The molecule has 1 atom stereocenters.